The average Bonchev–Trinajstić information content (AvgIpc) is 2.09. The van der Waals surface area contributed by atoms with Crippen LogP contribution < -0.4 is 5.56 Å². The number of allylic oxidation sites excluding steroid dienone is 1. The van der Waals surface area contributed by atoms with E-state index in [1.807, 2.05) is 0 Å². The normalized spacial score (nSPS) is 10.0. The van der Waals surface area contributed by atoms with E-state index in [1.54, 1.807) is 12.3 Å². The SMILES string of the molecule is C=CCCn1cc(Br)cc(F)c1=O. The topological polar surface area (TPSA) is 22.0 Å². The Morgan fingerprint density at radius 2 is 2.38 bits per heavy atom. The molecule has 2 nitrogen and oxygen atoms in total. The summed E-state index contributed by atoms with van der Waals surface area (Å²) in [4.78, 5) is 11.2. The van der Waals surface area contributed by atoms with Gasteiger partial charge in [0.2, 0.25) is 0 Å². The highest BCUT2D eigenvalue weighted by atomic mass is 79.9. The van der Waals surface area contributed by atoms with Crippen LogP contribution in [-0.4, -0.2) is 4.57 Å². The fourth-order valence-electron chi connectivity index (χ4n) is 0.961. The molecule has 1 aromatic heterocycles. The number of hydrogen-bond acceptors (Lipinski definition) is 1. The van der Waals surface area contributed by atoms with Crippen LogP contribution in [0.15, 0.2) is 34.2 Å². The van der Waals surface area contributed by atoms with E-state index in [1.165, 1.54) is 4.57 Å². The minimum Gasteiger partial charge on any atom is -0.312 e. The van der Waals surface area contributed by atoms with Crippen molar-refractivity contribution in [2.24, 2.45) is 0 Å². The van der Waals surface area contributed by atoms with Gasteiger partial charge in [-0.1, -0.05) is 6.08 Å². The molecule has 1 aromatic rings. The van der Waals surface area contributed by atoms with Crippen LogP contribution in [0.4, 0.5) is 4.39 Å². The molecule has 0 saturated carbocycles. The number of nitrogens with zero attached hydrogens (tertiary/aromatic N) is 1. The second-order valence-corrected chi connectivity index (χ2v) is 3.50. The summed E-state index contributed by atoms with van der Waals surface area (Å²) in [5, 5.41) is 0. The van der Waals surface area contributed by atoms with Crippen LogP contribution in [0.3, 0.4) is 0 Å². The molecule has 13 heavy (non-hydrogen) atoms. The fourth-order valence-corrected chi connectivity index (χ4v) is 1.41. The zero-order valence-electron chi connectivity index (χ0n) is 6.96. The quantitative estimate of drug-likeness (QED) is 0.750. The molecule has 0 N–H and O–H groups in total. The van der Waals surface area contributed by atoms with Crippen LogP contribution in [-0.2, 0) is 6.54 Å². The van der Waals surface area contributed by atoms with E-state index in [4.69, 9.17) is 0 Å². The largest absolute Gasteiger partial charge is 0.312 e. The van der Waals surface area contributed by atoms with Gasteiger partial charge in [0.1, 0.15) is 0 Å². The molecule has 4 heteroatoms. The van der Waals surface area contributed by atoms with Crippen molar-refractivity contribution >= 4 is 15.9 Å². The molecule has 0 amide bonds. The molecule has 1 heterocycles. The molecule has 0 radical (unpaired) electrons. The first-order chi connectivity index (χ1) is 6.15. The number of aryl methyl sites for hydroxylation is 1. The van der Waals surface area contributed by atoms with E-state index in [0.29, 0.717) is 17.4 Å². The van der Waals surface area contributed by atoms with Gasteiger partial charge in [0.25, 0.3) is 5.56 Å². The summed E-state index contributed by atoms with van der Waals surface area (Å²) in [5.41, 5.74) is -0.593. The van der Waals surface area contributed by atoms with Gasteiger partial charge in [-0.3, -0.25) is 4.79 Å². The van der Waals surface area contributed by atoms with Gasteiger partial charge < -0.3 is 4.57 Å². The van der Waals surface area contributed by atoms with Gasteiger partial charge in [-0.2, -0.15) is 0 Å². The summed E-state index contributed by atoms with van der Waals surface area (Å²) in [5.74, 6) is -0.738. The van der Waals surface area contributed by atoms with Crippen LogP contribution in [0.1, 0.15) is 6.42 Å². The molecule has 0 spiro atoms. The first kappa shape index (κ1) is 10.2. The molecule has 0 aromatic carbocycles. The van der Waals surface area contributed by atoms with E-state index in [2.05, 4.69) is 22.5 Å². The summed E-state index contributed by atoms with van der Waals surface area (Å²) in [7, 11) is 0. The Labute approximate surface area is 83.8 Å². The number of halogens is 2. The van der Waals surface area contributed by atoms with E-state index in [0.717, 1.165) is 6.07 Å². The van der Waals surface area contributed by atoms with Crippen molar-refractivity contribution in [1.29, 1.82) is 0 Å². The van der Waals surface area contributed by atoms with E-state index in [-0.39, 0.29) is 0 Å². The standard InChI is InChI=1S/C9H9BrFNO/c1-2-3-4-12-6-7(10)5-8(11)9(12)13/h2,5-6H,1,3-4H2. The predicted molar refractivity (Wildman–Crippen MR) is 53.2 cm³/mol. The highest BCUT2D eigenvalue weighted by molar-refractivity contribution is 9.10. The third kappa shape index (κ3) is 2.52. The van der Waals surface area contributed by atoms with E-state index >= 15 is 0 Å². The average molecular weight is 246 g/mol. The second-order valence-electron chi connectivity index (χ2n) is 2.58. The third-order valence-electron chi connectivity index (χ3n) is 1.58. The molecule has 0 saturated heterocycles. The molecular weight excluding hydrogens is 237 g/mol. The number of rotatable bonds is 3. The molecule has 0 aliphatic heterocycles. The number of pyridine rings is 1. The lowest BCUT2D eigenvalue weighted by Crippen LogP contribution is -2.22. The Kier molecular flexibility index (Phi) is 3.42. The van der Waals surface area contributed by atoms with Gasteiger partial charge in [0.05, 0.1) is 0 Å². The van der Waals surface area contributed by atoms with Gasteiger partial charge >= 0.3 is 0 Å². The summed E-state index contributed by atoms with van der Waals surface area (Å²) in [6, 6.07) is 1.16. The second kappa shape index (κ2) is 4.37. The van der Waals surface area contributed by atoms with Crippen molar-refractivity contribution in [2.45, 2.75) is 13.0 Å². The molecular formula is C9H9BrFNO. The molecule has 0 fully saturated rings. The Bertz CT molecular complexity index is 372. The minimum absolute atomic E-state index is 0.457. The van der Waals surface area contributed by atoms with Gasteiger partial charge in [0, 0.05) is 17.2 Å². The smallest absolute Gasteiger partial charge is 0.286 e. The summed E-state index contributed by atoms with van der Waals surface area (Å²) < 4.78 is 14.8. The van der Waals surface area contributed by atoms with Crippen molar-refractivity contribution in [3.05, 3.63) is 45.6 Å². The molecule has 0 aliphatic rings. The molecule has 1 rings (SSSR count). The maximum atomic E-state index is 12.9. The van der Waals surface area contributed by atoms with Crippen LogP contribution in [0.2, 0.25) is 0 Å². The minimum atomic E-state index is -0.738. The fraction of sp³-hybridized carbons (Fsp3) is 0.222. The Morgan fingerprint density at radius 3 is 3.00 bits per heavy atom. The van der Waals surface area contributed by atoms with Gasteiger partial charge in [-0.05, 0) is 28.4 Å². The van der Waals surface area contributed by atoms with Crippen molar-refractivity contribution in [3.63, 3.8) is 0 Å². The van der Waals surface area contributed by atoms with Gasteiger partial charge in [-0.15, -0.1) is 6.58 Å². The van der Waals surface area contributed by atoms with Crippen molar-refractivity contribution < 1.29 is 4.39 Å². The van der Waals surface area contributed by atoms with Crippen LogP contribution >= 0.6 is 15.9 Å². The first-order valence-electron chi connectivity index (χ1n) is 3.81. The number of aromatic nitrogens is 1. The molecule has 0 unspecified atom stereocenters. The summed E-state index contributed by atoms with van der Waals surface area (Å²) >= 11 is 3.11. The summed E-state index contributed by atoms with van der Waals surface area (Å²) in [6.45, 7) is 3.99. The third-order valence-corrected chi connectivity index (χ3v) is 2.02. The van der Waals surface area contributed by atoms with Crippen LogP contribution in [0.5, 0.6) is 0 Å². The highest BCUT2D eigenvalue weighted by Gasteiger charge is 2.03. The maximum absolute atomic E-state index is 12.9. The van der Waals surface area contributed by atoms with Gasteiger partial charge in [-0.25, -0.2) is 4.39 Å². The van der Waals surface area contributed by atoms with Crippen molar-refractivity contribution in [2.75, 3.05) is 0 Å². The first-order valence-corrected chi connectivity index (χ1v) is 4.61. The Balaban J connectivity index is 3.05. The Morgan fingerprint density at radius 1 is 1.69 bits per heavy atom. The lowest BCUT2D eigenvalue weighted by atomic mass is 10.4. The van der Waals surface area contributed by atoms with Crippen LogP contribution in [0, 0.1) is 5.82 Å². The Hall–Kier alpha value is -0.900. The zero-order valence-corrected chi connectivity index (χ0v) is 8.55. The highest BCUT2D eigenvalue weighted by Crippen LogP contribution is 2.07. The van der Waals surface area contributed by atoms with E-state index in [9.17, 15) is 9.18 Å². The lowest BCUT2D eigenvalue weighted by Gasteiger charge is -2.03. The number of hydrogen-bond donors (Lipinski definition) is 0. The maximum Gasteiger partial charge on any atom is 0.286 e. The predicted octanol–water partition coefficient (Wildman–Crippen LogP) is 2.33. The zero-order chi connectivity index (χ0) is 9.84. The van der Waals surface area contributed by atoms with Crippen molar-refractivity contribution in [1.82, 2.24) is 4.57 Å². The molecule has 0 aliphatic carbocycles. The van der Waals surface area contributed by atoms with Crippen LogP contribution in [0.25, 0.3) is 0 Å². The molecule has 0 bridgehead atoms. The van der Waals surface area contributed by atoms with Crippen molar-refractivity contribution in [3.8, 4) is 0 Å². The van der Waals surface area contributed by atoms with E-state index < -0.39 is 11.4 Å². The van der Waals surface area contributed by atoms with Gasteiger partial charge in [0.15, 0.2) is 5.82 Å². The lowest BCUT2D eigenvalue weighted by molar-refractivity contribution is 0.565. The molecule has 0 atom stereocenters. The molecule has 70 valence electrons. The summed E-state index contributed by atoms with van der Waals surface area (Å²) in [6.07, 6.45) is 3.90. The monoisotopic (exact) mass is 245 g/mol.